The van der Waals surface area contributed by atoms with E-state index in [2.05, 4.69) is 48.5 Å². The zero-order valence-corrected chi connectivity index (χ0v) is 13.1. The number of para-hydroxylation sites is 2. The quantitative estimate of drug-likeness (QED) is 0.382. The van der Waals surface area contributed by atoms with Gasteiger partial charge in [0.05, 0.1) is 11.0 Å². The van der Waals surface area contributed by atoms with Crippen molar-refractivity contribution in [2.45, 2.75) is 19.8 Å². The van der Waals surface area contributed by atoms with Gasteiger partial charge < -0.3 is 0 Å². The van der Waals surface area contributed by atoms with Gasteiger partial charge in [-0.15, -0.1) is 0 Å². The minimum Gasteiger partial charge on any atom is -0.240 e. The molecule has 0 saturated carbocycles. The summed E-state index contributed by atoms with van der Waals surface area (Å²) in [6, 6.07) is 21.0. The summed E-state index contributed by atoms with van der Waals surface area (Å²) in [5.41, 5.74) is 2.08. The number of hydrogen-bond donors (Lipinski definition) is 0. The van der Waals surface area contributed by atoms with Gasteiger partial charge in [0.2, 0.25) is 0 Å². The number of fused-ring (bicyclic) bond motifs is 4. The van der Waals surface area contributed by atoms with Crippen LogP contribution in [-0.4, -0.2) is 9.97 Å². The van der Waals surface area contributed by atoms with Gasteiger partial charge in [0.25, 0.3) is 0 Å². The summed E-state index contributed by atoms with van der Waals surface area (Å²) in [6.07, 6.45) is 0. The zero-order valence-electron chi connectivity index (χ0n) is 11.5. The molecular weight excluding hydrogens is 308 g/mol. The van der Waals surface area contributed by atoms with Gasteiger partial charge in [0.1, 0.15) is 10.1 Å². The van der Waals surface area contributed by atoms with Crippen molar-refractivity contribution < 1.29 is 0 Å². The van der Waals surface area contributed by atoms with Crippen LogP contribution in [0, 0.1) is 0 Å². The molecule has 1 aliphatic rings. The molecule has 0 saturated heterocycles. The van der Waals surface area contributed by atoms with Crippen LogP contribution in [0.1, 0.15) is 0 Å². The zero-order chi connectivity index (χ0) is 14.5. The molecule has 3 heterocycles. The number of nitrogens with zero attached hydrogens (tertiary/aromatic N) is 2. The van der Waals surface area contributed by atoms with Crippen LogP contribution in [0.15, 0.2) is 80.5 Å². The van der Waals surface area contributed by atoms with Crippen LogP contribution in [0.3, 0.4) is 0 Å². The molecule has 2 aromatic heterocycles. The Morgan fingerprint density at radius 3 is 1.64 bits per heavy atom. The summed E-state index contributed by atoms with van der Waals surface area (Å²) >= 11 is 3.44. The van der Waals surface area contributed by atoms with Crippen molar-refractivity contribution in [2.24, 2.45) is 0 Å². The second kappa shape index (κ2) is 4.73. The normalized spacial score (nSPS) is 13.1. The van der Waals surface area contributed by atoms with Gasteiger partial charge >= 0.3 is 0 Å². The Bertz CT molecular complexity index is 877. The van der Waals surface area contributed by atoms with Gasteiger partial charge in [-0.05, 0) is 36.0 Å². The highest BCUT2D eigenvalue weighted by Crippen LogP contribution is 2.48. The molecule has 22 heavy (non-hydrogen) atoms. The Kier molecular flexibility index (Phi) is 2.69. The van der Waals surface area contributed by atoms with Crippen molar-refractivity contribution in [3.05, 3.63) is 60.7 Å². The Hall–Kier alpha value is -2.04. The number of benzene rings is 2. The van der Waals surface area contributed by atoms with Crippen LogP contribution in [0.25, 0.3) is 21.8 Å². The van der Waals surface area contributed by atoms with Crippen LogP contribution in [0.5, 0.6) is 0 Å². The molecule has 0 radical (unpaired) electrons. The predicted octanol–water partition coefficient (Wildman–Crippen LogP) is 5.40. The lowest BCUT2D eigenvalue weighted by molar-refractivity contribution is 1.00. The third-order valence-electron chi connectivity index (χ3n) is 3.73. The highest BCUT2D eigenvalue weighted by Gasteiger charge is 2.20. The van der Waals surface area contributed by atoms with Crippen LogP contribution in [0.2, 0.25) is 0 Å². The van der Waals surface area contributed by atoms with Crippen LogP contribution < -0.4 is 0 Å². The van der Waals surface area contributed by atoms with Crippen molar-refractivity contribution in [1.29, 1.82) is 0 Å². The SMILES string of the molecule is c1ccc2nc3c(cc2c1)Sc1cc2ccccc2nc1S3. The van der Waals surface area contributed by atoms with Crippen molar-refractivity contribution >= 4 is 45.3 Å². The fraction of sp³-hybridized carbons (Fsp3) is 0. The third-order valence-corrected chi connectivity index (χ3v) is 6.06. The maximum Gasteiger partial charge on any atom is 0.117 e. The minimum atomic E-state index is 1.04. The molecule has 0 bridgehead atoms. The summed E-state index contributed by atoms with van der Waals surface area (Å²) in [6.45, 7) is 0. The molecule has 5 rings (SSSR count). The molecule has 2 aromatic carbocycles. The Balaban J connectivity index is 1.71. The molecule has 104 valence electrons. The lowest BCUT2D eigenvalue weighted by atomic mass is 10.2. The molecule has 4 aromatic rings. The first-order chi connectivity index (χ1) is 10.9. The summed E-state index contributed by atoms with van der Waals surface area (Å²) in [5, 5.41) is 4.48. The average Bonchev–Trinajstić information content (AvgIpc) is 2.56. The molecule has 0 atom stereocenters. The van der Waals surface area contributed by atoms with E-state index in [9.17, 15) is 0 Å². The van der Waals surface area contributed by atoms with Crippen molar-refractivity contribution in [1.82, 2.24) is 9.97 Å². The van der Waals surface area contributed by atoms with Crippen molar-refractivity contribution in [3.8, 4) is 0 Å². The smallest absolute Gasteiger partial charge is 0.117 e. The molecule has 0 aliphatic carbocycles. The van der Waals surface area contributed by atoms with Gasteiger partial charge in [0.15, 0.2) is 0 Å². The molecule has 0 amide bonds. The largest absolute Gasteiger partial charge is 0.240 e. The standard InChI is InChI=1S/C18H10N2S2/c1-3-7-13-11(5-1)9-15-17(19-13)22-18-16(21-15)10-12-6-2-4-8-14(12)20-18/h1-10H. The molecule has 1 aliphatic heterocycles. The first-order valence-electron chi connectivity index (χ1n) is 7.02. The number of aromatic nitrogens is 2. The lowest BCUT2D eigenvalue weighted by Crippen LogP contribution is -1.96. The molecular formula is C18H10N2S2. The first kappa shape index (κ1) is 12.5. The maximum absolute atomic E-state index is 4.80. The molecule has 4 heteroatoms. The lowest BCUT2D eigenvalue weighted by Gasteiger charge is -2.17. The van der Waals surface area contributed by atoms with Crippen LogP contribution >= 0.6 is 23.5 Å². The molecule has 0 unspecified atom stereocenters. The molecule has 0 spiro atoms. The number of rotatable bonds is 0. The van der Waals surface area contributed by atoms with Gasteiger partial charge in [-0.25, -0.2) is 9.97 Å². The Morgan fingerprint density at radius 1 is 0.591 bits per heavy atom. The third kappa shape index (κ3) is 1.91. The summed E-state index contributed by atoms with van der Waals surface area (Å²) in [5.74, 6) is 0. The van der Waals surface area contributed by atoms with Crippen LogP contribution in [-0.2, 0) is 0 Å². The van der Waals surface area contributed by atoms with E-state index in [1.165, 1.54) is 20.6 Å². The Morgan fingerprint density at radius 2 is 1.09 bits per heavy atom. The average molecular weight is 318 g/mol. The van der Waals surface area contributed by atoms with Gasteiger partial charge in [-0.1, -0.05) is 48.2 Å². The summed E-state index contributed by atoms with van der Waals surface area (Å²) < 4.78 is 0. The fourth-order valence-electron chi connectivity index (χ4n) is 2.66. The van der Waals surface area contributed by atoms with E-state index in [-0.39, 0.29) is 0 Å². The second-order valence-electron chi connectivity index (χ2n) is 5.17. The predicted molar refractivity (Wildman–Crippen MR) is 91.7 cm³/mol. The van der Waals surface area contributed by atoms with E-state index in [0.717, 1.165) is 21.1 Å². The number of pyridine rings is 2. The van der Waals surface area contributed by atoms with E-state index >= 15 is 0 Å². The van der Waals surface area contributed by atoms with E-state index in [1.807, 2.05) is 12.1 Å². The monoisotopic (exact) mass is 318 g/mol. The van der Waals surface area contributed by atoms with Gasteiger partial charge in [0, 0.05) is 20.6 Å². The van der Waals surface area contributed by atoms with Gasteiger partial charge in [-0.2, -0.15) is 0 Å². The maximum atomic E-state index is 4.80. The molecule has 0 fully saturated rings. The van der Waals surface area contributed by atoms with E-state index < -0.39 is 0 Å². The fourth-order valence-corrected chi connectivity index (χ4v) is 4.83. The molecule has 0 N–H and O–H groups in total. The van der Waals surface area contributed by atoms with Crippen molar-refractivity contribution in [3.63, 3.8) is 0 Å². The van der Waals surface area contributed by atoms with E-state index in [4.69, 9.17) is 9.97 Å². The second-order valence-corrected chi connectivity index (χ2v) is 7.23. The highest BCUT2D eigenvalue weighted by molar-refractivity contribution is 8.05. The van der Waals surface area contributed by atoms with Gasteiger partial charge in [-0.3, -0.25) is 0 Å². The van der Waals surface area contributed by atoms with E-state index in [0.29, 0.717) is 0 Å². The van der Waals surface area contributed by atoms with E-state index in [1.54, 1.807) is 23.5 Å². The Labute approximate surface area is 136 Å². The van der Waals surface area contributed by atoms with Crippen molar-refractivity contribution in [2.75, 3.05) is 0 Å². The summed E-state index contributed by atoms with van der Waals surface area (Å²) in [4.78, 5) is 12.0. The molecule has 2 nitrogen and oxygen atoms in total. The minimum absolute atomic E-state index is 1.04. The topological polar surface area (TPSA) is 25.8 Å². The number of hydrogen-bond acceptors (Lipinski definition) is 4. The highest BCUT2D eigenvalue weighted by atomic mass is 32.2. The summed E-state index contributed by atoms with van der Waals surface area (Å²) in [7, 11) is 0. The first-order valence-corrected chi connectivity index (χ1v) is 8.65. The van der Waals surface area contributed by atoms with Crippen LogP contribution in [0.4, 0.5) is 0 Å².